The van der Waals surface area contributed by atoms with E-state index in [0.29, 0.717) is 10.6 Å². The first-order chi connectivity index (χ1) is 20.3. The third kappa shape index (κ3) is 6.48. The molecule has 16 heteroatoms. The molecule has 0 N–H and O–H groups in total. The highest BCUT2D eigenvalue weighted by molar-refractivity contribution is 6.55. The van der Waals surface area contributed by atoms with Crippen molar-refractivity contribution in [3.63, 3.8) is 0 Å². The van der Waals surface area contributed by atoms with Gasteiger partial charge < -0.3 is 28.4 Å². The first-order valence-corrected chi connectivity index (χ1v) is 14.0. The van der Waals surface area contributed by atoms with Crippen LogP contribution in [0.2, 0.25) is 20.1 Å². The molecule has 4 rings (SSSR count). The molecule has 0 spiro atoms. The van der Waals surface area contributed by atoms with Gasteiger partial charge in [0.1, 0.15) is 30.3 Å². The second kappa shape index (κ2) is 13.1. The SMILES string of the molecule is COc1ccc(O[C@@H]2O[C@H](COC(C)=O)[C@H](OC(C)=O)[C@H](OC(C)=O)[C@H]2N2C(=O)c3c(Cl)c(Cl)c(Cl)c(Cl)c3C2=O)cc1. The van der Waals surface area contributed by atoms with Gasteiger partial charge in [-0.25, -0.2) is 0 Å². The molecule has 1 saturated heterocycles. The van der Waals surface area contributed by atoms with E-state index in [0.717, 1.165) is 20.8 Å². The fourth-order valence-electron chi connectivity index (χ4n) is 4.68. The van der Waals surface area contributed by atoms with Crippen LogP contribution in [-0.2, 0) is 33.3 Å². The topological polar surface area (TPSA) is 144 Å². The van der Waals surface area contributed by atoms with Crippen LogP contribution in [-0.4, -0.2) is 79.0 Å². The maximum Gasteiger partial charge on any atom is 0.303 e. The molecule has 0 aliphatic carbocycles. The van der Waals surface area contributed by atoms with Crippen LogP contribution in [0.25, 0.3) is 0 Å². The van der Waals surface area contributed by atoms with Gasteiger partial charge in [-0.05, 0) is 24.3 Å². The van der Waals surface area contributed by atoms with Crippen molar-refractivity contribution in [2.24, 2.45) is 0 Å². The van der Waals surface area contributed by atoms with Crippen LogP contribution in [0.5, 0.6) is 11.5 Å². The van der Waals surface area contributed by atoms with Crippen molar-refractivity contribution >= 4 is 76.1 Å². The van der Waals surface area contributed by atoms with Gasteiger partial charge in [0.05, 0.1) is 38.3 Å². The second-order valence-corrected chi connectivity index (χ2v) is 10.8. The molecular formula is C27H23Cl4NO11. The minimum atomic E-state index is -1.62. The highest BCUT2D eigenvalue weighted by atomic mass is 35.5. The summed E-state index contributed by atoms with van der Waals surface area (Å²) in [5, 5.41) is -1.22. The van der Waals surface area contributed by atoms with Crippen LogP contribution >= 0.6 is 46.4 Å². The Morgan fingerprint density at radius 3 is 1.72 bits per heavy atom. The highest BCUT2D eigenvalue weighted by Gasteiger charge is 2.58. The highest BCUT2D eigenvalue weighted by Crippen LogP contribution is 2.46. The molecule has 2 amide bonds. The average molecular weight is 679 g/mol. The summed E-state index contributed by atoms with van der Waals surface area (Å²) in [6.07, 6.45) is -5.99. The Morgan fingerprint density at radius 2 is 1.26 bits per heavy atom. The standard InChI is InChI=1S/C27H23Cl4NO11/c1-10(33)39-9-15-23(40-11(2)34)24(41-12(3)35)22(27(43-15)42-14-7-5-13(38-4)6-8-14)32-25(36)16-17(26(32)37)19(29)21(31)20(30)18(16)28/h5-8,15,22-24,27H,9H2,1-4H3/t15-,22-,23+,24-,27-/m1/s1. The largest absolute Gasteiger partial charge is 0.497 e. The lowest BCUT2D eigenvalue weighted by atomic mass is 9.94. The van der Waals surface area contributed by atoms with Crippen LogP contribution < -0.4 is 9.47 Å². The summed E-state index contributed by atoms with van der Waals surface area (Å²) in [7, 11) is 1.46. The zero-order valence-electron chi connectivity index (χ0n) is 22.9. The van der Waals surface area contributed by atoms with Crippen molar-refractivity contribution in [1.29, 1.82) is 0 Å². The number of carbonyl (C=O) groups excluding carboxylic acids is 5. The zero-order valence-corrected chi connectivity index (χ0v) is 25.9. The van der Waals surface area contributed by atoms with Gasteiger partial charge >= 0.3 is 17.9 Å². The third-order valence-electron chi connectivity index (χ3n) is 6.41. The van der Waals surface area contributed by atoms with E-state index in [-0.39, 0.29) is 37.0 Å². The summed E-state index contributed by atoms with van der Waals surface area (Å²) < 4.78 is 33.5. The maximum absolute atomic E-state index is 13.9. The van der Waals surface area contributed by atoms with Gasteiger partial charge in [0.25, 0.3) is 11.8 Å². The van der Waals surface area contributed by atoms with Gasteiger partial charge in [0.15, 0.2) is 12.2 Å². The van der Waals surface area contributed by atoms with Gasteiger partial charge in [0, 0.05) is 20.8 Å². The van der Waals surface area contributed by atoms with E-state index >= 15 is 0 Å². The normalized spacial score (nSPS) is 23.0. The maximum atomic E-state index is 13.9. The fraction of sp³-hybridized carbons (Fsp3) is 0.370. The van der Waals surface area contributed by atoms with Crippen molar-refractivity contribution in [2.75, 3.05) is 13.7 Å². The Morgan fingerprint density at radius 1 is 0.767 bits per heavy atom. The molecule has 2 aliphatic rings. The number of esters is 3. The molecule has 5 atom stereocenters. The van der Waals surface area contributed by atoms with E-state index in [1.807, 2.05) is 0 Å². The Bertz CT molecular complexity index is 1440. The number of fused-ring (bicyclic) bond motifs is 1. The number of hydrogen-bond donors (Lipinski definition) is 0. The first-order valence-electron chi connectivity index (χ1n) is 12.4. The molecule has 0 saturated carbocycles. The number of ether oxygens (including phenoxy) is 6. The molecule has 12 nitrogen and oxygen atoms in total. The van der Waals surface area contributed by atoms with Crippen LogP contribution in [0.3, 0.4) is 0 Å². The lowest BCUT2D eigenvalue weighted by molar-refractivity contribution is -0.265. The van der Waals surface area contributed by atoms with E-state index in [9.17, 15) is 24.0 Å². The Labute approximate surface area is 264 Å². The molecular weight excluding hydrogens is 656 g/mol. The molecule has 230 valence electrons. The van der Waals surface area contributed by atoms with E-state index in [1.54, 1.807) is 12.1 Å². The number of imide groups is 1. The van der Waals surface area contributed by atoms with Crippen LogP contribution in [0.15, 0.2) is 24.3 Å². The molecule has 0 bridgehead atoms. The molecule has 43 heavy (non-hydrogen) atoms. The molecule has 2 heterocycles. The van der Waals surface area contributed by atoms with Crippen molar-refractivity contribution in [3.05, 3.63) is 55.5 Å². The molecule has 0 unspecified atom stereocenters. The summed E-state index contributed by atoms with van der Waals surface area (Å²) in [4.78, 5) is 64.7. The Balaban J connectivity index is 1.89. The number of hydrogen-bond acceptors (Lipinski definition) is 11. The van der Waals surface area contributed by atoms with Gasteiger partial charge in [0.2, 0.25) is 6.29 Å². The van der Waals surface area contributed by atoms with E-state index in [2.05, 4.69) is 0 Å². The molecule has 0 radical (unpaired) electrons. The van der Waals surface area contributed by atoms with E-state index in [4.69, 9.17) is 74.8 Å². The lowest BCUT2D eigenvalue weighted by Crippen LogP contribution is -2.68. The monoisotopic (exact) mass is 677 g/mol. The number of amides is 2. The molecule has 2 aromatic rings. The fourth-order valence-corrected chi connectivity index (χ4v) is 5.69. The number of nitrogens with zero attached hydrogens (tertiary/aromatic N) is 1. The number of benzene rings is 2. The van der Waals surface area contributed by atoms with Gasteiger partial charge in [-0.1, -0.05) is 46.4 Å². The molecule has 2 aromatic carbocycles. The molecule has 2 aliphatic heterocycles. The average Bonchev–Trinajstić information content (AvgIpc) is 3.20. The number of carbonyl (C=O) groups is 5. The zero-order chi connectivity index (χ0) is 31.7. The van der Waals surface area contributed by atoms with Crippen molar-refractivity contribution in [2.45, 2.75) is 51.4 Å². The number of methoxy groups -OCH3 is 1. The molecule has 1 fully saturated rings. The number of rotatable bonds is 8. The van der Waals surface area contributed by atoms with Gasteiger partial charge in [-0.3, -0.25) is 28.9 Å². The van der Waals surface area contributed by atoms with E-state index < -0.39 is 67.0 Å². The summed E-state index contributed by atoms with van der Waals surface area (Å²) in [6.45, 7) is 2.80. The van der Waals surface area contributed by atoms with Crippen molar-refractivity contribution in [1.82, 2.24) is 4.90 Å². The van der Waals surface area contributed by atoms with Gasteiger partial charge in [-0.2, -0.15) is 0 Å². The second-order valence-electron chi connectivity index (χ2n) is 9.26. The molecule has 0 aromatic heterocycles. The quantitative estimate of drug-likeness (QED) is 0.128. The van der Waals surface area contributed by atoms with Crippen LogP contribution in [0.1, 0.15) is 41.5 Å². The predicted octanol–water partition coefficient (Wildman–Crippen LogP) is 4.50. The minimum Gasteiger partial charge on any atom is -0.497 e. The smallest absolute Gasteiger partial charge is 0.303 e. The van der Waals surface area contributed by atoms with Crippen LogP contribution in [0, 0.1) is 0 Å². The number of halogens is 4. The Kier molecular flexibility index (Phi) is 9.97. The van der Waals surface area contributed by atoms with E-state index in [1.165, 1.54) is 19.2 Å². The van der Waals surface area contributed by atoms with Gasteiger partial charge in [-0.15, -0.1) is 0 Å². The van der Waals surface area contributed by atoms with Crippen LogP contribution in [0.4, 0.5) is 0 Å². The summed E-state index contributed by atoms with van der Waals surface area (Å²) in [6, 6.07) is 4.53. The predicted molar refractivity (Wildman–Crippen MR) is 151 cm³/mol. The minimum absolute atomic E-state index is 0.174. The summed E-state index contributed by atoms with van der Waals surface area (Å²) >= 11 is 25.0. The first kappa shape index (κ1) is 32.6. The lowest BCUT2D eigenvalue weighted by Gasteiger charge is -2.46. The summed E-state index contributed by atoms with van der Waals surface area (Å²) in [5.41, 5.74) is -0.719. The summed E-state index contributed by atoms with van der Waals surface area (Å²) in [5.74, 6) is -3.73. The van der Waals surface area contributed by atoms with Crippen molar-refractivity contribution in [3.8, 4) is 11.5 Å². The Hall–Kier alpha value is -3.29. The third-order valence-corrected chi connectivity index (χ3v) is 8.21. The van der Waals surface area contributed by atoms with Crippen molar-refractivity contribution < 1.29 is 52.4 Å².